The summed E-state index contributed by atoms with van der Waals surface area (Å²) in [5, 5.41) is 8.74. The second-order valence-electron chi connectivity index (χ2n) is 7.06. The molecule has 30 heavy (non-hydrogen) atoms. The SMILES string of the molecule is NC(=O)c1cc(C(=O)Nc2ccc3oc(=O)n(CC(=O)N4CCCCC4)c3c2)[nH]n1. The Hall–Kier alpha value is -3.89. The average molecular weight is 412 g/mol. The lowest BCUT2D eigenvalue weighted by Gasteiger charge is -2.26. The number of benzene rings is 1. The fourth-order valence-electron chi connectivity index (χ4n) is 3.43. The smallest absolute Gasteiger partial charge is 0.408 e. The predicted octanol–water partition coefficient (Wildman–Crippen LogP) is 0.681. The Balaban J connectivity index is 1.56. The van der Waals surface area contributed by atoms with Crippen molar-refractivity contribution in [3.8, 4) is 0 Å². The highest BCUT2D eigenvalue weighted by Gasteiger charge is 2.20. The second kappa shape index (κ2) is 7.85. The van der Waals surface area contributed by atoms with Crippen molar-refractivity contribution in [1.82, 2.24) is 19.7 Å². The van der Waals surface area contributed by atoms with Gasteiger partial charge in [-0.15, -0.1) is 0 Å². The number of rotatable bonds is 5. The van der Waals surface area contributed by atoms with Crippen LogP contribution in [0.25, 0.3) is 11.1 Å². The number of hydrogen-bond donors (Lipinski definition) is 3. The summed E-state index contributed by atoms with van der Waals surface area (Å²) >= 11 is 0. The van der Waals surface area contributed by atoms with Crippen LogP contribution < -0.4 is 16.8 Å². The van der Waals surface area contributed by atoms with Crippen LogP contribution in [0.4, 0.5) is 5.69 Å². The first-order valence-corrected chi connectivity index (χ1v) is 9.50. The van der Waals surface area contributed by atoms with Gasteiger partial charge in [-0.05, 0) is 37.5 Å². The van der Waals surface area contributed by atoms with Crippen LogP contribution in [0, 0.1) is 0 Å². The molecule has 1 fully saturated rings. The number of aromatic nitrogens is 3. The van der Waals surface area contributed by atoms with Crippen LogP contribution in [-0.2, 0) is 11.3 Å². The van der Waals surface area contributed by atoms with Gasteiger partial charge in [0.15, 0.2) is 11.3 Å². The number of carbonyl (C=O) groups excluding carboxylic acids is 3. The molecule has 2 aromatic heterocycles. The van der Waals surface area contributed by atoms with E-state index in [1.165, 1.54) is 16.7 Å². The molecular weight excluding hydrogens is 392 g/mol. The molecule has 1 aliphatic heterocycles. The average Bonchev–Trinajstić information content (AvgIpc) is 3.34. The van der Waals surface area contributed by atoms with E-state index in [0.717, 1.165) is 19.3 Å². The molecule has 11 heteroatoms. The largest absolute Gasteiger partial charge is 0.420 e. The number of piperidine rings is 1. The molecule has 0 atom stereocenters. The predicted molar refractivity (Wildman–Crippen MR) is 106 cm³/mol. The van der Waals surface area contributed by atoms with E-state index in [1.807, 2.05) is 0 Å². The van der Waals surface area contributed by atoms with E-state index in [-0.39, 0.29) is 23.8 Å². The van der Waals surface area contributed by atoms with Gasteiger partial charge < -0.3 is 20.4 Å². The number of aromatic amines is 1. The van der Waals surface area contributed by atoms with Crippen molar-refractivity contribution in [1.29, 1.82) is 0 Å². The highest BCUT2D eigenvalue weighted by molar-refractivity contribution is 6.05. The number of nitrogens with two attached hydrogens (primary N) is 1. The molecule has 1 aliphatic rings. The van der Waals surface area contributed by atoms with Gasteiger partial charge in [-0.1, -0.05) is 0 Å². The van der Waals surface area contributed by atoms with Crippen molar-refractivity contribution in [2.45, 2.75) is 25.8 Å². The zero-order valence-electron chi connectivity index (χ0n) is 16.0. The summed E-state index contributed by atoms with van der Waals surface area (Å²) in [6, 6.07) is 5.88. The number of fused-ring (bicyclic) bond motifs is 1. The van der Waals surface area contributed by atoms with Gasteiger partial charge in [0.05, 0.1) is 5.52 Å². The molecule has 4 rings (SSSR count). The summed E-state index contributed by atoms with van der Waals surface area (Å²) in [6.45, 7) is 1.23. The molecule has 3 heterocycles. The highest BCUT2D eigenvalue weighted by atomic mass is 16.4. The van der Waals surface area contributed by atoms with Crippen molar-refractivity contribution in [2.24, 2.45) is 5.73 Å². The number of hydrogen-bond acceptors (Lipinski definition) is 6. The maximum absolute atomic E-state index is 12.6. The number of nitrogens with zero attached hydrogens (tertiary/aromatic N) is 3. The Morgan fingerprint density at radius 1 is 1.17 bits per heavy atom. The molecule has 156 valence electrons. The molecule has 3 aromatic rings. The summed E-state index contributed by atoms with van der Waals surface area (Å²) in [6.07, 6.45) is 3.00. The maximum Gasteiger partial charge on any atom is 0.420 e. The Kier molecular flexibility index (Phi) is 5.09. The van der Waals surface area contributed by atoms with E-state index in [4.69, 9.17) is 10.2 Å². The summed E-state index contributed by atoms with van der Waals surface area (Å²) in [7, 11) is 0. The van der Waals surface area contributed by atoms with Gasteiger partial charge in [-0.2, -0.15) is 5.10 Å². The van der Waals surface area contributed by atoms with Crippen LogP contribution in [0.5, 0.6) is 0 Å². The van der Waals surface area contributed by atoms with Crippen LogP contribution in [0.15, 0.2) is 33.5 Å². The van der Waals surface area contributed by atoms with Gasteiger partial charge in [-0.25, -0.2) is 4.79 Å². The van der Waals surface area contributed by atoms with E-state index < -0.39 is 17.6 Å². The molecule has 0 saturated carbocycles. The lowest BCUT2D eigenvalue weighted by atomic mass is 10.1. The molecule has 0 bridgehead atoms. The van der Waals surface area contributed by atoms with Crippen LogP contribution in [-0.4, -0.2) is 50.5 Å². The number of amides is 3. The third kappa shape index (κ3) is 3.81. The number of nitrogens with one attached hydrogen (secondary N) is 2. The zero-order valence-corrected chi connectivity index (χ0v) is 16.0. The fourth-order valence-corrected chi connectivity index (χ4v) is 3.43. The van der Waals surface area contributed by atoms with Crippen molar-refractivity contribution in [3.63, 3.8) is 0 Å². The molecule has 0 radical (unpaired) electrons. The Labute approximate surface area is 169 Å². The molecule has 11 nitrogen and oxygen atoms in total. The molecular formula is C19H20N6O5. The van der Waals surface area contributed by atoms with Crippen LogP contribution in [0.1, 0.15) is 40.2 Å². The van der Waals surface area contributed by atoms with E-state index in [0.29, 0.717) is 29.9 Å². The van der Waals surface area contributed by atoms with Crippen molar-refractivity contribution >= 4 is 34.5 Å². The standard InChI is InChI=1S/C19H20N6O5/c20-17(27)12-9-13(23-22-12)18(28)21-11-4-5-15-14(8-11)25(19(29)30-15)10-16(26)24-6-2-1-3-7-24/h4-5,8-9H,1-3,6-7,10H2,(H2,20,27)(H,21,28)(H,22,23). The molecule has 1 saturated heterocycles. The normalized spacial score (nSPS) is 14.1. The van der Waals surface area contributed by atoms with E-state index >= 15 is 0 Å². The summed E-state index contributed by atoms with van der Waals surface area (Å²) in [4.78, 5) is 50.1. The van der Waals surface area contributed by atoms with E-state index in [9.17, 15) is 19.2 Å². The number of likely N-dealkylation sites (tertiary alicyclic amines) is 1. The minimum Gasteiger partial charge on any atom is -0.408 e. The number of anilines is 1. The first-order chi connectivity index (χ1) is 14.4. The van der Waals surface area contributed by atoms with Gasteiger partial charge in [0.25, 0.3) is 11.8 Å². The summed E-state index contributed by atoms with van der Waals surface area (Å²) in [5.41, 5.74) is 6.20. The first-order valence-electron chi connectivity index (χ1n) is 9.50. The van der Waals surface area contributed by atoms with Gasteiger partial charge in [-0.3, -0.25) is 24.0 Å². The lowest BCUT2D eigenvalue weighted by molar-refractivity contribution is -0.132. The first kappa shape index (κ1) is 19.4. The Morgan fingerprint density at radius 2 is 1.93 bits per heavy atom. The van der Waals surface area contributed by atoms with E-state index in [1.54, 1.807) is 17.0 Å². The minimum atomic E-state index is -0.757. The topological polar surface area (TPSA) is 156 Å². The number of carbonyl (C=O) groups is 3. The number of primary amides is 1. The van der Waals surface area contributed by atoms with Gasteiger partial charge in [0.1, 0.15) is 12.2 Å². The molecule has 4 N–H and O–H groups in total. The van der Waals surface area contributed by atoms with Crippen LogP contribution in [0.2, 0.25) is 0 Å². The molecule has 3 amide bonds. The number of oxazole rings is 1. The quantitative estimate of drug-likeness (QED) is 0.559. The van der Waals surface area contributed by atoms with Crippen molar-refractivity contribution in [3.05, 3.63) is 46.2 Å². The maximum atomic E-state index is 12.6. The van der Waals surface area contributed by atoms with Crippen molar-refractivity contribution < 1.29 is 18.8 Å². The summed E-state index contributed by atoms with van der Waals surface area (Å²) in [5.74, 6) is -2.09. The third-order valence-electron chi connectivity index (χ3n) is 5.00. The molecule has 0 spiro atoms. The van der Waals surface area contributed by atoms with E-state index in [2.05, 4.69) is 15.5 Å². The number of H-pyrrole nitrogens is 1. The third-order valence-corrected chi connectivity index (χ3v) is 5.00. The Bertz CT molecular complexity index is 1180. The van der Waals surface area contributed by atoms with Gasteiger partial charge >= 0.3 is 5.76 Å². The molecule has 0 unspecified atom stereocenters. The summed E-state index contributed by atoms with van der Waals surface area (Å²) < 4.78 is 6.47. The van der Waals surface area contributed by atoms with Crippen molar-refractivity contribution in [2.75, 3.05) is 18.4 Å². The minimum absolute atomic E-state index is 0.0498. The molecule has 0 aliphatic carbocycles. The fraction of sp³-hybridized carbons (Fsp3) is 0.316. The second-order valence-corrected chi connectivity index (χ2v) is 7.06. The lowest BCUT2D eigenvalue weighted by Crippen LogP contribution is -2.39. The monoisotopic (exact) mass is 412 g/mol. The highest BCUT2D eigenvalue weighted by Crippen LogP contribution is 2.20. The molecule has 1 aromatic carbocycles. The van der Waals surface area contributed by atoms with Gasteiger partial charge in [0, 0.05) is 24.8 Å². The van der Waals surface area contributed by atoms with Gasteiger partial charge in [0.2, 0.25) is 5.91 Å². The Morgan fingerprint density at radius 3 is 2.63 bits per heavy atom. The van der Waals surface area contributed by atoms with Crippen LogP contribution >= 0.6 is 0 Å². The van der Waals surface area contributed by atoms with Crippen LogP contribution in [0.3, 0.4) is 0 Å². The zero-order chi connectivity index (χ0) is 21.3.